The van der Waals surface area contributed by atoms with E-state index in [-0.39, 0.29) is 5.91 Å². The minimum atomic E-state index is -0.577. The second-order valence-corrected chi connectivity index (χ2v) is 5.67. The van der Waals surface area contributed by atoms with Gasteiger partial charge in [0.25, 0.3) is 5.91 Å². The van der Waals surface area contributed by atoms with Gasteiger partial charge in [-0.1, -0.05) is 6.07 Å². The van der Waals surface area contributed by atoms with Crippen LogP contribution in [0.3, 0.4) is 0 Å². The Morgan fingerprint density at radius 2 is 2.20 bits per heavy atom. The normalized spacial score (nSPS) is 19.1. The van der Waals surface area contributed by atoms with Crippen LogP contribution < -0.4 is 10.2 Å². The van der Waals surface area contributed by atoms with Crippen molar-refractivity contribution < 1.29 is 14.3 Å². The summed E-state index contributed by atoms with van der Waals surface area (Å²) in [6.07, 6.45) is 1.62. The van der Waals surface area contributed by atoms with Gasteiger partial charge in [-0.3, -0.25) is 9.69 Å². The summed E-state index contributed by atoms with van der Waals surface area (Å²) < 4.78 is 5.15. The van der Waals surface area contributed by atoms with Crippen LogP contribution in [0.25, 0.3) is 0 Å². The van der Waals surface area contributed by atoms with Crippen LogP contribution in [0.4, 0.5) is 10.6 Å². The van der Waals surface area contributed by atoms with Gasteiger partial charge in [-0.05, 0) is 39.3 Å². The van der Waals surface area contributed by atoms with E-state index in [1.54, 1.807) is 44.0 Å². The van der Waals surface area contributed by atoms with Gasteiger partial charge in [-0.15, -0.1) is 0 Å². The van der Waals surface area contributed by atoms with E-state index in [4.69, 9.17) is 4.74 Å². The number of hydrogen-bond acceptors (Lipinski definition) is 4. The minimum Gasteiger partial charge on any atom is -0.444 e. The molecule has 20 heavy (non-hydrogen) atoms. The fourth-order valence-electron chi connectivity index (χ4n) is 2.00. The standard InChI is InChI=1S/C14H19N3O3/c1-14(2,3)20-13(19)16-10-7-9-17(12(10)18)11-6-4-5-8-15-11/h4-6,8,10H,7,9H2,1-3H3,(H,16,19)/t10-/m0/s1. The van der Waals surface area contributed by atoms with Gasteiger partial charge in [0.2, 0.25) is 0 Å². The van der Waals surface area contributed by atoms with Crippen molar-refractivity contribution in [1.82, 2.24) is 10.3 Å². The van der Waals surface area contributed by atoms with Crippen molar-refractivity contribution in [2.75, 3.05) is 11.4 Å². The Labute approximate surface area is 118 Å². The number of ether oxygens (including phenoxy) is 1. The molecule has 0 unspecified atom stereocenters. The summed E-state index contributed by atoms with van der Waals surface area (Å²) in [6, 6.07) is 4.84. The fraction of sp³-hybridized carbons (Fsp3) is 0.500. The Morgan fingerprint density at radius 3 is 2.80 bits per heavy atom. The zero-order chi connectivity index (χ0) is 14.8. The molecule has 1 fully saturated rings. The predicted molar refractivity (Wildman–Crippen MR) is 74.4 cm³/mol. The highest BCUT2D eigenvalue weighted by Gasteiger charge is 2.35. The lowest BCUT2D eigenvalue weighted by Gasteiger charge is -2.21. The summed E-state index contributed by atoms with van der Waals surface area (Å²) in [7, 11) is 0. The van der Waals surface area contributed by atoms with Crippen molar-refractivity contribution in [3.8, 4) is 0 Å². The first-order valence-corrected chi connectivity index (χ1v) is 6.59. The lowest BCUT2D eigenvalue weighted by atomic mass is 10.2. The number of amides is 2. The Hall–Kier alpha value is -2.11. The summed E-state index contributed by atoms with van der Waals surface area (Å²) in [5, 5.41) is 2.60. The van der Waals surface area contributed by atoms with E-state index in [1.165, 1.54) is 0 Å². The molecule has 2 heterocycles. The van der Waals surface area contributed by atoms with Crippen molar-refractivity contribution in [3.05, 3.63) is 24.4 Å². The maximum Gasteiger partial charge on any atom is 0.408 e. The molecule has 0 aliphatic carbocycles. The SMILES string of the molecule is CC(C)(C)OC(=O)N[C@H]1CCN(c2ccccn2)C1=O. The topological polar surface area (TPSA) is 71.5 Å². The average Bonchev–Trinajstić information content (AvgIpc) is 2.70. The van der Waals surface area contributed by atoms with Crippen molar-refractivity contribution in [2.45, 2.75) is 38.8 Å². The Balaban J connectivity index is 1.97. The third-order valence-electron chi connectivity index (χ3n) is 2.82. The largest absolute Gasteiger partial charge is 0.444 e. The molecule has 1 aromatic heterocycles. The van der Waals surface area contributed by atoms with E-state index >= 15 is 0 Å². The average molecular weight is 277 g/mol. The van der Waals surface area contributed by atoms with Gasteiger partial charge in [-0.25, -0.2) is 9.78 Å². The molecule has 1 N–H and O–H groups in total. The van der Waals surface area contributed by atoms with Gasteiger partial charge in [-0.2, -0.15) is 0 Å². The molecule has 0 radical (unpaired) electrons. The molecule has 1 aliphatic heterocycles. The third-order valence-corrected chi connectivity index (χ3v) is 2.82. The monoisotopic (exact) mass is 277 g/mol. The zero-order valence-corrected chi connectivity index (χ0v) is 11.9. The number of anilines is 1. The summed E-state index contributed by atoms with van der Waals surface area (Å²) in [5.41, 5.74) is -0.577. The molecule has 0 spiro atoms. The van der Waals surface area contributed by atoms with Gasteiger partial charge in [0.05, 0.1) is 0 Å². The number of hydrogen-bond donors (Lipinski definition) is 1. The van der Waals surface area contributed by atoms with E-state index in [9.17, 15) is 9.59 Å². The summed E-state index contributed by atoms with van der Waals surface area (Å²) in [5.74, 6) is 0.445. The van der Waals surface area contributed by atoms with Crippen molar-refractivity contribution in [1.29, 1.82) is 0 Å². The van der Waals surface area contributed by atoms with E-state index in [1.807, 2.05) is 6.07 Å². The number of carbonyl (C=O) groups is 2. The second-order valence-electron chi connectivity index (χ2n) is 5.67. The second kappa shape index (κ2) is 5.48. The van der Waals surface area contributed by atoms with Crippen LogP contribution >= 0.6 is 0 Å². The number of rotatable bonds is 2. The van der Waals surface area contributed by atoms with Crippen LogP contribution in [0.2, 0.25) is 0 Å². The predicted octanol–water partition coefficient (Wildman–Crippen LogP) is 1.71. The van der Waals surface area contributed by atoms with Crippen molar-refractivity contribution >= 4 is 17.8 Å². The molecule has 0 saturated carbocycles. The molecule has 0 aromatic carbocycles. The van der Waals surface area contributed by atoms with Gasteiger partial charge in [0.1, 0.15) is 17.5 Å². The quantitative estimate of drug-likeness (QED) is 0.893. The molecule has 1 aromatic rings. The van der Waals surface area contributed by atoms with Crippen LogP contribution in [0.15, 0.2) is 24.4 Å². The van der Waals surface area contributed by atoms with Gasteiger partial charge >= 0.3 is 6.09 Å². The molecule has 108 valence electrons. The first kappa shape index (κ1) is 14.3. The molecule has 2 amide bonds. The summed E-state index contributed by atoms with van der Waals surface area (Å²) >= 11 is 0. The Kier molecular flexibility index (Phi) is 3.92. The molecular formula is C14H19N3O3. The highest BCUT2D eigenvalue weighted by Crippen LogP contribution is 2.19. The Morgan fingerprint density at radius 1 is 1.45 bits per heavy atom. The lowest BCUT2D eigenvalue weighted by molar-refractivity contribution is -0.118. The fourth-order valence-corrected chi connectivity index (χ4v) is 2.00. The van der Waals surface area contributed by atoms with Crippen LogP contribution in [-0.4, -0.2) is 35.2 Å². The number of nitrogens with zero attached hydrogens (tertiary/aromatic N) is 2. The molecule has 1 atom stereocenters. The highest BCUT2D eigenvalue weighted by atomic mass is 16.6. The molecule has 1 aliphatic rings. The third kappa shape index (κ3) is 3.46. The number of carbonyl (C=O) groups excluding carboxylic acids is 2. The summed E-state index contributed by atoms with van der Waals surface area (Å²) in [4.78, 5) is 29.6. The number of pyridine rings is 1. The van der Waals surface area contributed by atoms with E-state index in [0.717, 1.165) is 0 Å². The zero-order valence-electron chi connectivity index (χ0n) is 11.9. The van der Waals surface area contributed by atoms with Crippen molar-refractivity contribution in [2.24, 2.45) is 0 Å². The molecule has 2 rings (SSSR count). The van der Waals surface area contributed by atoms with E-state index in [0.29, 0.717) is 18.8 Å². The molecule has 6 nitrogen and oxygen atoms in total. The van der Waals surface area contributed by atoms with Crippen LogP contribution in [0.1, 0.15) is 27.2 Å². The molecule has 6 heteroatoms. The maximum absolute atomic E-state index is 12.2. The van der Waals surface area contributed by atoms with E-state index in [2.05, 4.69) is 10.3 Å². The molecule has 1 saturated heterocycles. The lowest BCUT2D eigenvalue weighted by Crippen LogP contribution is -2.43. The number of alkyl carbamates (subject to hydrolysis) is 1. The highest BCUT2D eigenvalue weighted by molar-refractivity contribution is 6.00. The van der Waals surface area contributed by atoms with E-state index < -0.39 is 17.7 Å². The van der Waals surface area contributed by atoms with Crippen LogP contribution in [0, 0.1) is 0 Å². The number of aromatic nitrogens is 1. The van der Waals surface area contributed by atoms with Crippen molar-refractivity contribution in [3.63, 3.8) is 0 Å². The maximum atomic E-state index is 12.2. The number of nitrogens with one attached hydrogen (secondary N) is 1. The Bertz CT molecular complexity index is 496. The molecule has 0 bridgehead atoms. The minimum absolute atomic E-state index is 0.158. The molecular weight excluding hydrogens is 258 g/mol. The van der Waals surface area contributed by atoms with Gasteiger partial charge in [0.15, 0.2) is 0 Å². The summed E-state index contributed by atoms with van der Waals surface area (Å²) in [6.45, 7) is 5.88. The van der Waals surface area contributed by atoms with Crippen LogP contribution in [-0.2, 0) is 9.53 Å². The first-order chi connectivity index (χ1) is 9.37. The first-order valence-electron chi connectivity index (χ1n) is 6.59. The smallest absolute Gasteiger partial charge is 0.408 e. The van der Waals surface area contributed by atoms with Gasteiger partial charge < -0.3 is 10.1 Å². The van der Waals surface area contributed by atoms with Crippen LogP contribution in [0.5, 0.6) is 0 Å². The van der Waals surface area contributed by atoms with Gasteiger partial charge in [0, 0.05) is 12.7 Å².